The Balaban J connectivity index is 2.77. The van der Waals surface area contributed by atoms with Crippen molar-refractivity contribution >= 4 is 0 Å². The van der Waals surface area contributed by atoms with Crippen LogP contribution in [-0.2, 0) is 0 Å². The van der Waals surface area contributed by atoms with E-state index in [0.29, 0.717) is 11.5 Å². The van der Waals surface area contributed by atoms with Crippen LogP contribution in [0.15, 0.2) is 24.3 Å². The summed E-state index contributed by atoms with van der Waals surface area (Å²) in [4.78, 5) is 0. The molecule has 0 amide bonds. The van der Waals surface area contributed by atoms with Gasteiger partial charge in [0.25, 0.3) is 0 Å². The molecule has 0 saturated heterocycles. The van der Waals surface area contributed by atoms with Crippen molar-refractivity contribution in [3.05, 3.63) is 24.3 Å². The van der Waals surface area contributed by atoms with Gasteiger partial charge < -0.3 is 5.32 Å². The van der Waals surface area contributed by atoms with Gasteiger partial charge in [-0.3, -0.25) is 0 Å². The van der Waals surface area contributed by atoms with Gasteiger partial charge in [0.05, 0.1) is 0 Å². The summed E-state index contributed by atoms with van der Waals surface area (Å²) in [6, 6.07) is 0.498. The minimum atomic E-state index is 0.309. The third-order valence-electron chi connectivity index (χ3n) is 2.67. The molecule has 0 aromatic carbocycles. The minimum absolute atomic E-state index is 0.309. The van der Waals surface area contributed by atoms with E-state index >= 15 is 0 Å². The molecule has 0 radical (unpaired) electrons. The molecule has 0 saturated carbocycles. The van der Waals surface area contributed by atoms with Gasteiger partial charge in [-0.2, -0.15) is 0 Å². The van der Waals surface area contributed by atoms with E-state index in [1.165, 1.54) is 6.42 Å². The molecule has 11 heavy (non-hydrogen) atoms. The minimum Gasteiger partial charge on any atom is -0.313 e. The van der Waals surface area contributed by atoms with Crippen molar-refractivity contribution in [2.24, 2.45) is 5.41 Å². The standard InChI is InChI=1S/C10H17N/c1-4-10(2)8-6-5-7-9(10)11-3/h5-9,11H,4H2,1-3H3/t9?,10-/m1/s1. The first-order valence-corrected chi connectivity index (χ1v) is 4.26. The Morgan fingerprint density at radius 1 is 1.45 bits per heavy atom. The van der Waals surface area contributed by atoms with Gasteiger partial charge in [-0.05, 0) is 13.5 Å². The number of hydrogen-bond donors (Lipinski definition) is 1. The maximum absolute atomic E-state index is 3.31. The Kier molecular flexibility index (Phi) is 2.50. The van der Waals surface area contributed by atoms with Crippen molar-refractivity contribution in [3.63, 3.8) is 0 Å². The van der Waals surface area contributed by atoms with Crippen LogP contribution in [0.25, 0.3) is 0 Å². The number of likely N-dealkylation sites (N-methyl/N-ethyl adjacent to an activating group) is 1. The number of nitrogens with one attached hydrogen (secondary N) is 1. The summed E-state index contributed by atoms with van der Waals surface area (Å²) in [5, 5.41) is 3.31. The average molecular weight is 151 g/mol. The molecule has 2 atom stereocenters. The van der Waals surface area contributed by atoms with E-state index in [9.17, 15) is 0 Å². The molecular formula is C10H17N. The molecule has 1 nitrogen and oxygen atoms in total. The fraction of sp³-hybridized carbons (Fsp3) is 0.600. The molecule has 0 bridgehead atoms. The van der Waals surface area contributed by atoms with E-state index in [-0.39, 0.29) is 0 Å². The highest BCUT2D eigenvalue weighted by Crippen LogP contribution is 2.30. The average Bonchev–Trinajstić information content (AvgIpc) is 2.05. The molecule has 1 heteroatoms. The summed E-state index contributed by atoms with van der Waals surface area (Å²) in [7, 11) is 2.02. The van der Waals surface area contributed by atoms with Crippen molar-refractivity contribution < 1.29 is 0 Å². The Labute approximate surface area is 69.2 Å². The predicted octanol–water partition coefficient (Wildman–Crippen LogP) is 2.12. The summed E-state index contributed by atoms with van der Waals surface area (Å²) >= 11 is 0. The Hall–Kier alpha value is -0.560. The van der Waals surface area contributed by atoms with Crippen molar-refractivity contribution in [2.75, 3.05) is 7.05 Å². The van der Waals surface area contributed by atoms with Crippen LogP contribution in [-0.4, -0.2) is 13.1 Å². The molecule has 0 spiro atoms. The molecule has 0 heterocycles. The highest BCUT2D eigenvalue weighted by Gasteiger charge is 2.27. The molecule has 62 valence electrons. The monoisotopic (exact) mass is 151 g/mol. The first kappa shape index (κ1) is 8.54. The Morgan fingerprint density at radius 3 is 2.64 bits per heavy atom. The van der Waals surface area contributed by atoms with Crippen LogP contribution in [0.2, 0.25) is 0 Å². The second-order valence-electron chi connectivity index (χ2n) is 3.37. The Morgan fingerprint density at radius 2 is 2.18 bits per heavy atom. The van der Waals surface area contributed by atoms with Gasteiger partial charge in [-0.15, -0.1) is 0 Å². The van der Waals surface area contributed by atoms with Crippen molar-refractivity contribution in [2.45, 2.75) is 26.3 Å². The first-order chi connectivity index (χ1) is 5.23. The normalized spacial score (nSPS) is 36.1. The SMILES string of the molecule is CC[C@]1(C)C=CC=CC1NC. The quantitative estimate of drug-likeness (QED) is 0.637. The number of allylic oxidation sites excluding steroid dienone is 2. The lowest BCUT2D eigenvalue weighted by molar-refractivity contribution is 0.327. The smallest absolute Gasteiger partial charge is 0.0339 e. The lowest BCUT2D eigenvalue weighted by atomic mass is 9.77. The highest BCUT2D eigenvalue weighted by molar-refractivity contribution is 5.21. The maximum Gasteiger partial charge on any atom is 0.0339 e. The van der Waals surface area contributed by atoms with Crippen LogP contribution in [0.3, 0.4) is 0 Å². The second-order valence-corrected chi connectivity index (χ2v) is 3.37. The lowest BCUT2D eigenvalue weighted by Crippen LogP contribution is -2.39. The van der Waals surface area contributed by atoms with Crippen molar-refractivity contribution in [1.82, 2.24) is 5.32 Å². The zero-order valence-electron chi connectivity index (χ0n) is 7.59. The topological polar surface area (TPSA) is 12.0 Å². The molecule has 0 fully saturated rings. The fourth-order valence-electron chi connectivity index (χ4n) is 1.54. The van der Waals surface area contributed by atoms with Crippen LogP contribution in [0, 0.1) is 5.41 Å². The molecule has 1 aliphatic rings. The van der Waals surface area contributed by atoms with E-state index in [1.807, 2.05) is 7.05 Å². The maximum atomic E-state index is 3.31. The lowest BCUT2D eigenvalue weighted by Gasteiger charge is -2.33. The zero-order valence-corrected chi connectivity index (χ0v) is 7.59. The van der Waals surface area contributed by atoms with Crippen LogP contribution in [0.5, 0.6) is 0 Å². The van der Waals surface area contributed by atoms with Gasteiger partial charge in [0.2, 0.25) is 0 Å². The second kappa shape index (κ2) is 3.22. The zero-order chi connectivity index (χ0) is 8.32. The van der Waals surface area contributed by atoms with Gasteiger partial charge in [-0.25, -0.2) is 0 Å². The molecule has 1 aliphatic carbocycles. The molecule has 1 unspecified atom stereocenters. The van der Waals surface area contributed by atoms with Crippen LogP contribution in [0.4, 0.5) is 0 Å². The molecule has 0 aromatic heterocycles. The molecule has 0 aromatic rings. The third kappa shape index (κ3) is 1.54. The van der Waals surface area contributed by atoms with Crippen LogP contribution >= 0.6 is 0 Å². The largest absolute Gasteiger partial charge is 0.313 e. The van der Waals surface area contributed by atoms with E-state index in [0.717, 1.165) is 0 Å². The summed E-state index contributed by atoms with van der Waals surface area (Å²) in [6.07, 6.45) is 9.94. The molecule has 1 rings (SSSR count). The first-order valence-electron chi connectivity index (χ1n) is 4.26. The Bertz CT molecular complexity index is 181. The van der Waals surface area contributed by atoms with Gasteiger partial charge >= 0.3 is 0 Å². The third-order valence-corrected chi connectivity index (χ3v) is 2.67. The summed E-state index contributed by atoms with van der Waals surface area (Å²) in [5.41, 5.74) is 0.309. The van der Waals surface area contributed by atoms with E-state index in [2.05, 4.69) is 43.5 Å². The number of rotatable bonds is 2. The predicted molar refractivity (Wildman–Crippen MR) is 49.5 cm³/mol. The molecular weight excluding hydrogens is 134 g/mol. The highest BCUT2D eigenvalue weighted by atomic mass is 14.9. The fourth-order valence-corrected chi connectivity index (χ4v) is 1.54. The van der Waals surface area contributed by atoms with Gasteiger partial charge in [0, 0.05) is 11.5 Å². The van der Waals surface area contributed by atoms with Crippen LogP contribution < -0.4 is 5.32 Å². The van der Waals surface area contributed by atoms with Crippen LogP contribution in [0.1, 0.15) is 20.3 Å². The van der Waals surface area contributed by atoms with Gasteiger partial charge in [-0.1, -0.05) is 38.2 Å². The van der Waals surface area contributed by atoms with Crippen molar-refractivity contribution in [1.29, 1.82) is 0 Å². The van der Waals surface area contributed by atoms with Crippen molar-refractivity contribution in [3.8, 4) is 0 Å². The van der Waals surface area contributed by atoms with E-state index in [1.54, 1.807) is 0 Å². The van der Waals surface area contributed by atoms with E-state index in [4.69, 9.17) is 0 Å². The summed E-state index contributed by atoms with van der Waals surface area (Å²) < 4.78 is 0. The molecule has 0 aliphatic heterocycles. The summed E-state index contributed by atoms with van der Waals surface area (Å²) in [6.45, 7) is 4.52. The van der Waals surface area contributed by atoms with Gasteiger partial charge in [0.1, 0.15) is 0 Å². The van der Waals surface area contributed by atoms with Gasteiger partial charge in [0.15, 0.2) is 0 Å². The van der Waals surface area contributed by atoms with E-state index < -0.39 is 0 Å². The molecule has 1 N–H and O–H groups in total. The summed E-state index contributed by atoms with van der Waals surface area (Å²) in [5.74, 6) is 0. The number of hydrogen-bond acceptors (Lipinski definition) is 1.